The van der Waals surface area contributed by atoms with Gasteiger partial charge in [0.25, 0.3) is 0 Å². The molecule has 0 saturated carbocycles. The molecule has 102 valence electrons. The molecule has 0 spiro atoms. The Morgan fingerprint density at radius 1 is 1.37 bits per heavy atom. The van der Waals surface area contributed by atoms with Crippen LogP contribution in [-0.4, -0.2) is 9.78 Å². The first-order valence-corrected chi connectivity index (χ1v) is 6.61. The highest BCUT2D eigenvalue weighted by Crippen LogP contribution is 2.25. The predicted molar refractivity (Wildman–Crippen MR) is 71.0 cm³/mol. The Hall–Kier alpha value is -1.43. The van der Waals surface area contributed by atoms with E-state index in [-0.39, 0.29) is 12.4 Å². The van der Waals surface area contributed by atoms with Crippen LogP contribution < -0.4 is 4.74 Å². The number of ether oxygens (including phenoxy) is 1. The van der Waals surface area contributed by atoms with Gasteiger partial charge in [-0.15, -0.1) is 0 Å². The highest BCUT2D eigenvalue weighted by Gasteiger charge is 2.15. The molecule has 2 aromatic rings. The van der Waals surface area contributed by atoms with Crippen LogP contribution in [0.15, 0.2) is 22.7 Å². The normalized spacial score (nSPS) is 10.8. The standard InChI is InChI=1S/C13H13BrF2N2O/c1-3-9-12(14)10(18(2)17-9)7-19-11-6-4-5-8(15)13(11)16/h4-6H,3,7H2,1-2H3. The van der Waals surface area contributed by atoms with Gasteiger partial charge in [0.1, 0.15) is 6.61 Å². The molecule has 0 aliphatic rings. The number of aromatic nitrogens is 2. The molecule has 0 N–H and O–H groups in total. The third-order valence-electron chi connectivity index (χ3n) is 2.78. The summed E-state index contributed by atoms with van der Waals surface area (Å²) in [4.78, 5) is 0. The fraction of sp³-hybridized carbons (Fsp3) is 0.308. The minimum Gasteiger partial charge on any atom is -0.484 e. The van der Waals surface area contributed by atoms with Gasteiger partial charge in [0, 0.05) is 7.05 Å². The van der Waals surface area contributed by atoms with Gasteiger partial charge in [0.05, 0.1) is 15.9 Å². The lowest BCUT2D eigenvalue weighted by Gasteiger charge is -2.08. The third kappa shape index (κ3) is 2.78. The molecular formula is C13H13BrF2N2O. The number of halogens is 3. The first-order valence-electron chi connectivity index (χ1n) is 5.81. The predicted octanol–water partition coefficient (Wildman–Crippen LogP) is 3.60. The molecule has 0 atom stereocenters. The van der Waals surface area contributed by atoms with Gasteiger partial charge in [-0.2, -0.15) is 9.49 Å². The van der Waals surface area contributed by atoms with E-state index in [4.69, 9.17) is 4.74 Å². The van der Waals surface area contributed by atoms with Crippen LogP contribution in [0.2, 0.25) is 0 Å². The molecule has 0 unspecified atom stereocenters. The van der Waals surface area contributed by atoms with Crippen LogP contribution in [0.3, 0.4) is 0 Å². The second-order valence-corrected chi connectivity index (χ2v) is 4.82. The monoisotopic (exact) mass is 330 g/mol. The highest BCUT2D eigenvalue weighted by atomic mass is 79.9. The molecule has 0 amide bonds. The van der Waals surface area contributed by atoms with Crippen LogP contribution in [-0.2, 0) is 20.1 Å². The van der Waals surface area contributed by atoms with E-state index >= 15 is 0 Å². The lowest BCUT2D eigenvalue weighted by Crippen LogP contribution is -2.05. The minimum absolute atomic E-state index is 0.105. The van der Waals surface area contributed by atoms with Gasteiger partial charge in [-0.1, -0.05) is 13.0 Å². The van der Waals surface area contributed by atoms with E-state index in [1.54, 1.807) is 11.7 Å². The summed E-state index contributed by atoms with van der Waals surface area (Å²) in [6.45, 7) is 2.11. The van der Waals surface area contributed by atoms with Crippen molar-refractivity contribution in [2.24, 2.45) is 7.05 Å². The first kappa shape index (κ1) is 14.0. The largest absolute Gasteiger partial charge is 0.484 e. The average molecular weight is 331 g/mol. The molecule has 1 aromatic heterocycles. The summed E-state index contributed by atoms with van der Waals surface area (Å²) >= 11 is 3.44. The Morgan fingerprint density at radius 2 is 2.11 bits per heavy atom. The van der Waals surface area contributed by atoms with E-state index in [0.29, 0.717) is 0 Å². The van der Waals surface area contributed by atoms with Crippen LogP contribution in [0, 0.1) is 11.6 Å². The third-order valence-corrected chi connectivity index (χ3v) is 3.70. The van der Waals surface area contributed by atoms with Crippen molar-refractivity contribution >= 4 is 15.9 Å². The molecule has 3 nitrogen and oxygen atoms in total. The summed E-state index contributed by atoms with van der Waals surface area (Å²) in [5, 5.41) is 4.30. The molecule has 0 fully saturated rings. The zero-order chi connectivity index (χ0) is 14.0. The average Bonchev–Trinajstić information content (AvgIpc) is 2.66. The number of aryl methyl sites for hydroxylation is 2. The Bertz CT molecular complexity index is 599. The van der Waals surface area contributed by atoms with E-state index in [2.05, 4.69) is 21.0 Å². The maximum Gasteiger partial charge on any atom is 0.200 e. The van der Waals surface area contributed by atoms with Crippen molar-refractivity contribution in [3.05, 3.63) is 45.7 Å². The van der Waals surface area contributed by atoms with Crippen LogP contribution in [0.1, 0.15) is 18.3 Å². The zero-order valence-electron chi connectivity index (χ0n) is 10.6. The second kappa shape index (κ2) is 5.69. The summed E-state index contributed by atoms with van der Waals surface area (Å²) in [6, 6.07) is 3.85. The van der Waals surface area contributed by atoms with Crippen LogP contribution in [0.25, 0.3) is 0 Å². The van der Waals surface area contributed by atoms with Gasteiger partial charge in [0.2, 0.25) is 5.82 Å². The number of rotatable bonds is 4. The van der Waals surface area contributed by atoms with E-state index in [1.165, 1.54) is 12.1 Å². The summed E-state index contributed by atoms with van der Waals surface area (Å²) in [7, 11) is 1.78. The van der Waals surface area contributed by atoms with Crippen molar-refractivity contribution in [1.82, 2.24) is 9.78 Å². The Kier molecular flexibility index (Phi) is 4.19. The van der Waals surface area contributed by atoms with Crippen LogP contribution in [0.5, 0.6) is 5.75 Å². The molecule has 0 bridgehead atoms. The number of hydrogen-bond acceptors (Lipinski definition) is 2. The maximum atomic E-state index is 13.4. The second-order valence-electron chi connectivity index (χ2n) is 4.03. The molecule has 19 heavy (non-hydrogen) atoms. The molecule has 6 heteroatoms. The lowest BCUT2D eigenvalue weighted by atomic mass is 10.3. The molecule has 1 aromatic carbocycles. The SMILES string of the molecule is CCc1nn(C)c(COc2cccc(F)c2F)c1Br. The van der Waals surface area contributed by atoms with Crippen molar-refractivity contribution in [3.63, 3.8) is 0 Å². The van der Waals surface area contributed by atoms with Gasteiger partial charge < -0.3 is 4.74 Å². The number of hydrogen-bond donors (Lipinski definition) is 0. The van der Waals surface area contributed by atoms with Gasteiger partial charge in [0.15, 0.2) is 11.6 Å². The molecule has 0 radical (unpaired) electrons. The molecule has 1 heterocycles. The summed E-state index contributed by atoms with van der Waals surface area (Å²) in [6.07, 6.45) is 0.781. The summed E-state index contributed by atoms with van der Waals surface area (Å²) < 4.78 is 34.3. The van der Waals surface area contributed by atoms with Gasteiger partial charge >= 0.3 is 0 Å². The van der Waals surface area contributed by atoms with E-state index in [0.717, 1.165) is 28.3 Å². The number of benzene rings is 1. The fourth-order valence-corrected chi connectivity index (χ4v) is 2.45. The summed E-state index contributed by atoms with van der Waals surface area (Å²) in [5.74, 6) is -2.00. The molecule has 0 aliphatic carbocycles. The Labute approximate surface area is 118 Å². The Morgan fingerprint density at radius 3 is 2.74 bits per heavy atom. The van der Waals surface area contributed by atoms with E-state index < -0.39 is 11.6 Å². The van der Waals surface area contributed by atoms with Crippen LogP contribution >= 0.6 is 15.9 Å². The Balaban J connectivity index is 2.19. The van der Waals surface area contributed by atoms with Gasteiger partial charge in [-0.05, 0) is 34.5 Å². The molecular weight excluding hydrogens is 318 g/mol. The zero-order valence-corrected chi connectivity index (χ0v) is 12.2. The van der Waals surface area contributed by atoms with Crippen molar-refractivity contribution in [2.45, 2.75) is 20.0 Å². The van der Waals surface area contributed by atoms with Crippen molar-refractivity contribution in [2.75, 3.05) is 0 Å². The smallest absolute Gasteiger partial charge is 0.200 e. The van der Waals surface area contributed by atoms with Crippen molar-refractivity contribution in [1.29, 1.82) is 0 Å². The summed E-state index contributed by atoms with van der Waals surface area (Å²) in [5.41, 5.74) is 1.68. The van der Waals surface area contributed by atoms with Gasteiger partial charge in [-0.3, -0.25) is 4.68 Å². The fourth-order valence-electron chi connectivity index (χ4n) is 1.72. The van der Waals surface area contributed by atoms with E-state index in [9.17, 15) is 8.78 Å². The number of nitrogens with zero attached hydrogens (tertiary/aromatic N) is 2. The lowest BCUT2D eigenvalue weighted by molar-refractivity contribution is 0.274. The topological polar surface area (TPSA) is 27.1 Å². The van der Waals surface area contributed by atoms with E-state index in [1.807, 2.05) is 6.92 Å². The first-order chi connectivity index (χ1) is 9.04. The quantitative estimate of drug-likeness (QED) is 0.856. The molecule has 0 saturated heterocycles. The highest BCUT2D eigenvalue weighted by molar-refractivity contribution is 9.10. The van der Waals surface area contributed by atoms with Crippen LogP contribution in [0.4, 0.5) is 8.78 Å². The minimum atomic E-state index is -0.975. The maximum absolute atomic E-state index is 13.4. The molecule has 0 aliphatic heterocycles. The van der Waals surface area contributed by atoms with Gasteiger partial charge in [-0.25, -0.2) is 4.39 Å². The van der Waals surface area contributed by atoms with Crippen molar-refractivity contribution in [3.8, 4) is 5.75 Å². The molecule has 2 rings (SSSR count). The van der Waals surface area contributed by atoms with Crippen molar-refractivity contribution < 1.29 is 13.5 Å².